The summed E-state index contributed by atoms with van der Waals surface area (Å²) in [5.74, 6) is -0.142. The predicted molar refractivity (Wildman–Crippen MR) is 120 cm³/mol. The van der Waals surface area contributed by atoms with E-state index in [9.17, 15) is 4.79 Å². The van der Waals surface area contributed by atoms with E-state index in [0.717, 1.165) is 38.0 Å². The van der Waals surface area contributed by atoms with Crippen LogP contribution < -0.4 is 16.2 Å². The Hall–Kier alpha value is -2.89. The number of carbonyl (C=O) groups excluding carboxylic acids is 1. The van der Waals surface area contributed by atoms with Gasteiger partial charge in [0.15, 0.2) is 0 Å². The second-order valence-corrected chi connectivity index (χ2v) is 7.19. The van der Waals surface area contributed by atoms with Crippen LogP contribution in [0, 0.1) is 6.92 Å². The zero-order chi connectivity index (χ0) is 20.5. The third-order valence-electron chi connectivity index (χ3n) is 4.90. The lowest BCUT2D eigenvalue weighted by atomic mass is 10.1. The molecule has 3 rings (SSSR count). The minimum absolute atomic E-state index is 0.142. The van der Waals surface area contributed by atoms with Crippen LogP contribution >= 0.6 is 0 Å². The van der Waals surface area contributed by atoms with E-state index < -0.39 is 0 Å². The van der Waals surface area contributed by atoms with Gasteiger partial charge < -0.3 is 10.3 Å². The third kappa shape index (κ3) is 6.04. The Morgan fingerprint density at radius 3 is 2.66 bits per heavy atom. The van der Waals surface area contributed by atoms with Gasteiger partial charge >= 0.3 is 0 Å². The van der Waals surface area contributed by atoms with Crippen LogP contribution in [0.1, 0.15) is 35.7 Å². The first-order valence-electron chi connectivity index (χ1n) is 10.2. The van der Waals surface area contributed by atoms with Crippen LogP contribution in [0.2, 0.25) is 0 Å². The van der Waals surface area contributed by atoms with E-state index in [1.165, 1.54) is 27.7 Å². The van der Waals surface area contributed by atoms with Crippen LogP contribution in [0.4, 0.5) is 0 Å². The van der Waals surface area contributed by atoms with Gasteiger partial charge in [-0.25, -0.2) is 5.43 Å². The van der Waals surface area contributed by atoms with Crippen molar-refractivity contribution < 1.29 is 4.79 Å². The first-order chi connectivity index (χ1) is 14.2. The maximum Gasteiger partial charge on any atom is 0.258 e. The number of rotatable bonds is 10. The van der Waals surface area contributed by atoms with Crippen molar-refractivity contribution in [3.8, 4) is 0 Å². The molecule has 0 atom stereocenters. The molecule has 0 unspecified atom stereocenters. The zero-order valence-electron chi connectivity index (χ0n) is 17.2. The Morgan fingerprint density at radius 1 is 1.07 bits per heavy atom. The Bertz CT molecular complexity index is 957. The van der Waals surface area contributed by atoms with Crippen molar-refractivity contribution in [2.45, 2.75) is 33.2 Å². The van der Waals surface area contributed by atoms with Gasteiger partial charge in [0.05, 0.1) is 0 Å². The number of carbonyl (C=O) groups is 1. The molecule has 1 amide bonds. The molecule has 0 fully saturated rings. The van der Waals surface area contributed by atoms with Crippen molar-refractivity contribution in [2.75, 3.05) is 13.1 Å². The van der Waals surface area contributed by atoms with E-state index in [1.807, 2.05) is 18.2 Å². The van der Waals surface area contributed by atoms with Gasteiger partial charge in [0.2, 0.25) is 0 Å². The van der Waals surface area contributed by atoms with E-state index in [4.69, 9.17) is 0 Å². The molecule has 0 radical (unpaired) electrons. The fourth-order valence-electron chi connectivity index (χ4n) is 3.34. The highest BCUT2D eigenvalue weighted by Gasteiger charge is 2.07. The maximum absolute atomic E-state index is 11.7. The molecule has 29 heavy (non-hydrogen) atoms. The first-order valence-corrected chi connectivity index (χ1v) is 10.2. The third-order valence-corrected chi connectivity index (χ3v) is 4.90. The number of hydrazine groups is 1. The van der Waals surface area contributed by atoms with Crippen LogP contribution in [-0.4, -0.2) is 24.0 Å². The number of para-hydroxylation sites is 1. The Balaban J connectivity index is 1.44. The smallest absolute Gasteiger partial charge is 0.258 e. The van der Waals surface area contributed by atoms with Crippen molar-refractivity contribution in [1.29, 1.82) is 0 Å². The van der Waals surface area contributed by atoms with Crippen molar-refractivity contribution in [1.82, 2.24) is 21.2 Å². The molecule has 0 saturated heterocycles. The number of H-pyrrole nitrogens is 1. The zero-order valence-corrected chi connectivity index (χ0v) is 17.2. The summed E-state index contributed by atoms with van der Waals surface area (Å²) in [5, 5.41) is 4.84. The molecule has 1 heterocycles. The van der Waals surface area contributed by atoms with Crippen LogP contribution in [0.25, 0.3) is 17.0 Å². The lowest BCUT2D eigenvalue weighted by molar-refractivity contribution is -0.117. The molecule has 152 valence electrons. The number of hydrogen-bond acceptors (Lipinski definition) is 3. The summed E-state index contributed by atoms with van der Waals surface area (Å²) in [6, 6.07) is 16.7. The molecule has 4 N–H and O–H groups in total. The van der Waals surface area contributed by atoms with Gasteiger partial charge in [0.1, 0.15) is 0 Å². The lowest BCUT2D eigenvalue weighted by Gasteiger charge is -2.06. The number of fused-ring (bicyclic) bond motifs is 1. The first kappa shape index (κ1) is 20.8. The summed E-state index contributed by atoms with van der Waals surface area (Å²) >= 11 is 0. The fraction of sp³-hybridized carbons (Fsp3) is 0.292. The van der Waals surface area contributed by atoms with Crippen molar-refractivity contribution >= 4 is 22.9 Å². The topological polar surface area (TPSA) is 68.9 Å². The van der Waals surface area contributed by atoms with Crippen molar-refractivity contribution in [2.24, 2.45) is 0 Å². The van der Waals surface area contributed by atoms with Crippen molar-refractivity contribution in [3.05, 3.63) is 77.0 Å². The summed E-state index contributed by atoms with van der Waals surface area (Å²) in [7, 11) is 0. The standard InChI is InChI=1S/C24H30N4O/c1-3-15-26-28-24(29)13-12-19-8-10-20(11-9-19)17-25-16-14-21-18(2)27-23-7-5-4-6-22(21)23/h4-13,25-27H,3,14-17H2,1-2H3,(H,28,29)/b13-12+. The predicted octanol–water partition coefficient (Wildman–Crippen LogP) is 3.85. The van der Waals surface area contributed by atoms with Gasteiger partial charge in [-0.3, -0.25) is 10.2 Å². The minimum atomic E-state index is -0.142. The highest BCUT2D eigenvalue weighted by atomic mass is 16.2. The average Bonchev–Trinajstić information content (AvgIpc) is 3.06. The molecule has 0 bridgehead atoms. The van der Waals surface area contributed by atoms with E-state index in [-0.39, 0.29) is 5.91 Å². The number of aromatic nitrogens is 1. The Kier molecular flexibility index (Phi) is 7.61. The van der Waals surface area contributed by atoms with Gasteiger partial charge in [-0.2, -0.15) is 0 Å². The van der Waals surface area contributed by atoms with E-state index in [1.54, 1.807) is 6.08 Å². The number of nitrogens with one attached hydrogen (secondary N) is 4. The van der Waals surface area contributed by atoms with Crippen LogP contribution in [0.15, 0.2) is 54.6 Å². The summed E-state index contributed by atoms with van der Waals surface area (Å²) in [4.78, 5) is 15.1. The van der Waals surface area contributed by atoms with Crippen LogP contribution in [-0.2, 0) is 17.8 Å². The molecule has 1 aromatic heterocycles. The summed E-state index contributed by atoms with van der Waals surface area (Å²) in [5.41, 5.74) is 11.6. The normalized spacial score (nSPS) is 11.4. The molecule has 0 spiro atoms. The molecular formula is C24H30N4O. The fourth-order valence-corrected chi connectivity index (χ4v) is 3.34. The van der Waals surface area contributed by atoms with Gasteiger partial charge in [0.25, 0.3) is 5.91 Å². The van der Waals surface area contributed by atoms with E-state index >= 15 is 0 Å². The number of benzene rings is 2. The van der Waals surface area contributed by atoms with Gasteiger partial charge in [-0.1, -0.05) is 49.4 Å². The molecule has 0 aliphatic rings. The minimum Gasteiger partial charge on any atom is -0.358 e. The summed E-state index contributed by atoms with van der Waals surface area (Å²) in [6.07, 6.45) is 5.33. The maximum atomic E-state index is 11.7. The molecule has 0 aliphatic carbocycles. The second kappa shape index (κ2) is 10.6. The Labute approximate surface area is 172 Å². The quantitative estimate of drug-likeness (QED) is 0.241. The van der Waals surface area contributed by atoms with E-state index in [0.29, 0.717) is 0 Å². The number of aryl methyl sites for hydroxylation is 1. The van der Waals surface area contributed by atoms with E-state index in [2.05, 4.69) is 71.4 Å². The molecule has 5 heteroatoms. The molecule has 5 nitrogen and oxygen atoms in total. The number of amides is 1. The lowest BCUT2D eigenvalue weighted by Crippen LogP contribution is -2.36. The summed E-state index contributed by atoms with van der Waals surface area (Å²) < 4.78 is 0. The Morgan fingerprint density at radius 2 is 1.86 bits per heavy atom. The molecule has 0 saturated carbocycles. The largest absolute Gasteiger partial charge is 0.358 e. The highest BCUT2D eigenvalue weighted by molar-refractivity contribution is 5.91. The second-order valence-electron chi connectivity index (χ2n) is 7.19. The van der Waals surface area contributed by atoms with Crippen LogP contribution in [0.3, 0.4) is 0 Å². The highest BCUT2D eigenvalue weighted by Crippen LogP contribution is 2.21. The number of aromatic amines is 1. The van der Waals surface area contributed by atoms with Crippen molar-refractivity contribution in [3.63, 3.8) is 0 Å². The molecule has 2 aromatic carbocycles. The average molecular weight is 391 g/mol. The molecular weight excluding hydrogens is 360 g/mol. The van der Waals surface area contributed by atoms with Gasteiger partial charge in [-0.05, 0) is 55.1 Å². The molecule has 0 aliphatic heterocycles. The monoisotopic (exact) mass is 390 g/mol. The number of hydrogen-bond donors (Lipinski definition) is 4. The molecule has 3 aromatic rings. The van der Waals surface area contributed by atoms with Crippen LogP contribution in [0.5, 0.6) is 0 Å². The van der Waals surface area contributed by atoms with Gasteiger partial charge in [0, 0.05) is 35.8 Å². The van der Waals surface area contributed by atoms with Gasteiger partial charge in [-0.15, -0.1) is 0 Å². The summed E-state index contributed by atoms with van der Waals surface area (Å²) in [6.45, 7) is 6.71. The SMILES string of the molecule is CCCNNC(=O)/C=C/c1ccc(CNCCc2c(C)[nH]c3ccccc23)cc1.